The van der Waals surface area contributed by atoms with E-state index >= 15 is 0 Å². The van der Waals surface area contributed by atoms with E-state index in [9.17, 15) is 13.2 Å². The van der Waals surface area contributed by atoms with Crippen molar-refractivity contribution in [1.29, 1.82) is 0 Å². The van der Waals surface area contributed by atoms with Crippen LogP contribution in [0.3, 0.4) is 0 Å². The maximum atomic E-state index is 12.1. The van der Waals surface area contributed by atoms with Crippen LogP contribution in [0, 0.1) is 6.92 Å². The molecule has 0 fully saturated rings. The van der Waals surface area contributed by atoms with Crippen LogP contribution >= 0.6 is 11.6 Å². The second-order valence-electron chi connectivity index (χ2n) is 4.95. The van der Waals surface area contributed by atoms with Crippen molar-refractivity contribution >= 4 is 33.9 Å². The Labute approximate surface area is 161 Å². The molecule has 2 amide bonds. The summed E-state index contributed by atoms with van der Waals surface area (Å²) in [4.78, 5) is 19.8. The summed E-state index contributed by atoms with van der Waals surface area (Å²) in [5.74, 6) is 0.349. The number of carbonyl (C=O) groups excluding carboxylic acids is 1. The van der Waals surface area contributed by atoms with E-state index in [4.69, 9.17) is 25.3 Å². The van der Waals surface area contributed by atoms with Crippen LogP contribution < -0.4 is 23.7 Å². The van der Waals surface area contributed by atoms with Gasteiger partial charge in [0.05, 0.1) is 13.0 Å². The molecule has 10 nitrogen and oxygen atoms in total. The van der Waals surface area contributed by atoms with Crippen LogP contribution in [-0.2, 0) is 10.3 Å². The van der Waals surface area contributed by atoms with E-state index in [0.717, 1.165) is 0 Å². The highest BCUT2D eigenvalue weighted by atomic mass is 35.5. The number of anilines is 1. The molecule has 2 rings (SSSR count). The number of carbonyl (C=O) groups is 1. The van der Waals surface area contributed by atoms with Crippen molar-refractivity contribution in [1.82, 2.24) is 14.7 Å². The monoisotopic (exact) mass is 416 g/mol. The van der Waals surface area contributed by atoms with Gasteiger partial charge in [-0.1, -0.05) is 12.1 Å². The van der Waals surface area contributed by atoms with Crippen molar-refractivity contribution in [3.8, 4) is 17.4 Å². The van der Waals surface area contributed by atoms with Crippen LogP contribution in [0.25, 0.3) is 0 Å². The Kier molecular flexibility index (Phi) is 7.02. The van der Waals surface area contributed by atoms with Crippen LogP contribution in [0.1, 0.15) is 5.69 Å². The normalized spacial score (nSPS) is 10.8. The molecule has 27 heavy (non-hydrogen) atoms. The summed E-state index contributed by atoms with van der Waals surface area (Å²) in [7, 11) is -3.09. The molecule has 0 atom stereocenters. The maximum absolute atomic E-state index is 12.1. The number of rotatable bonds is 8. The minimum atomic E-state index is -4.49. The van der Waals surface area contributed by atoms with Gasteiger partial charge in [0.25, 0.3) is 0 Å². The number of amides is 2. The van der Waals surface area contributed by atoms with Crippen molar-refractivity contribution in [2.45, 2.75) is 6.92 Å². The minimum absolute atomic E-state index is 0.101. The van der Waals surface area contributed by atoms with Crippen LogP contribution in [0.15, 0.2) is 30.3 Å². The van der Waals surface area contributed by atoms with E-state index in [1.807, 2.05) is 0 Å². The topological polar surface area (TPSA) is 129 Å². The van der Waals surface area contributed by atoms with E-state index < -0.39 is 16.3 Å². The van der Waals surface area contributed by atoms with Gasteiger partial charge in [-0.3, -0.25) is 5.32 Å². The first-order chi connectivity index (χ1) is 12.8. The van der Waals surface area contributed by atoms with Crippen LogP contribution in [0.4, 0.5) is 10.7 Å². The fraction of sp³-hybridized carbons (Fsp3) is 0.267. The van der Waals surface area contributed by atoms with Crippen molar-refractivity contribution in [3.63, 3.8) is 0 Å². The zero-order chi connectivity index (χ0) is 19.9. The van der Waals surface area contributed by atoms with Gasteiger partial charge in [-0.05, 0) is 19.1 Å². The molecule has 0 saturated heterocycles. The number of halogens is 1. The number of nitrogens with one attached hydrogen (secondary N) is 2. The number of para-hydroxylation sites is 2. The SMILES string of the molecule is COc1cc(C)nc(NC(=O)NS(=O)(=O)Oc2ccccc2OCCCl)n1. The third-order valence-corrected chi connectivity index (χ3v) is 3.85. The van der Waals surface area contributed by atoms with E-state index in [1.54, 1.807) is 29.8 Å². The highest BCUT2D eigenvalue weighted by molar-refractivity contribution is 7.85. The second kappa shape index (κ2) is 9.24. The number of benzene rings is 1. The number of ether oxygens (including phenoxy) is 2. The van der Waals surface area contributed by atoms with Crippen molar-refractivity contribution < 1.29 is 26.9 Å². The third-order valence-electron chi connectivity index (χ3n) is 2.87. The fourth-order valence-electron chi connectivity index (χ4n) is 1.87. The molecule has 12 heteroatoms. The zero-order valence-corrected chi connectivity index (χ0v) is 16.0. The lowest BCUT2D eigenvalue weighted by Gasteiger charge is -2.12. The second-order valence-corrected chi connectivity index (χ2v) is 6.61. The van der Waals surface area contributed by atoms with Gasteiger partial charge in [-0.15, -0.1) is 11.6 Å². The predicted octanol–water partition coefficient (Wildman–Crippen LogP) is 1.86. The molecule has 0 aliphatic carbocycles. The molecule has 0 radical (unpaired) electrons. The summed E-state index contributed by atoms with van der Waals surface area (Å²) >= 11 is 5.55. The summed E-state index contributed by atoms with van der Waals surface area (Å²) < 4.78 is 41.0. The van der Waals surface area contributed by atoms with Gasteiger partial charge in [0, 0.05) is 11.8 Å². The fourth-order valence-corrected chi connectivity index (χ4v) is 2.64. The molecule has 1 aromatic carbocycles. The molecule has 0 unspecified atom stereocenters. The van der Waals surface area contributed by atoms with Crippen LogP contribution in [-0.4, -0.2) is 44.0 Å². The first kappa shape index (κ1) is 20.5. The third kappa shape index (κ3) is 6.46. The molecule has 2 N–H and O–H groups in total. The molecular formula is C15H17ClN4O6S. The first-order valence-corrected chi connectivity index (χ1v) is 9.48. The van der Waals surface area contributed by atoms with Gasteiger partial charge in [0.15, 0.2) is 11.5 Å². The molecule has 0 bridgehead atoms. The Bertz CT molecular complexity index is 909. The molecule has 1 aromatic heterocycles. The zero-order valence-electron chi connectivity index (χ0n) is 14.4. The number of methoxy groups -OCH3 is 1. The molecule has 146 valence electrons. The summed E-state index contributed by atoms with van der Waals surface area (Å²) in [5, 5.41) is 2.19. The molecule has 0 spiro atoms. The first-order valence-electron chi connectivity index (χ1n) is 7.53. The van der Waals surface area contributed by atoms with Crippen molar-refractivity contribution in [3.05, 3.63) is 36.0 Å². The molecular weight excluding hydrogens is 400 g/mol. The number of hydrogen-bond acceptors (Lipinski definition) is 8. The molecule has 0 aliphatic rings. The Morgan fingerprint density at radius 2 is 1.93 bits per heavy atom. The smallest absolute Gasteiger partial charge is 0.411 e. The van der Waals surface area contributed by atoms with E-state index in [2.05, 4.69) is 15.3 Å². The Morgan fingerprint density at radius 1 is 1.22 bits per heavy atom. The van der Waals surface area contributed by atoms with Gasteiger partial charge < -0.3 is 13.7 Å². The number of urea groups is 1. The number of aryl methyl sites for hydroxylation is 1. The average Bonchev–Trinajstić information content (AvgIpc) is 2.59. The van der Waals surface area contributed by atoms with Crippen LogP contribution in [0.5, 0.6) is 17.4 Å². The largest absolute Gasteiger partial charge is 0.488 e. The summed E-state index contributed by atoms with van der Waals surface area (Å²) in [6, 6.07) is 6.49. The number of aromatic nitrogens is 2. The Morgan fingerprint density at radius 3 is 2.59 bits per heavy atom. The van der Waals surface area contributed by atoms with Gasteiger partial charge in [0.2, 0.25) is 11.8 Å². The van der Waals surface area contributed by atoms with Crippen LogP contribution in [0.2, 0.25) is 0 Å². The van der Waals surface area contributed by atoms with Gasteiger partial charge in [-0.2, -0.15) is 13.4 Å². The Balaban J connectivity index is 2.06. The maximum Gasteiger partial charge on any atom is 0.411 e. The van der Waals surface area contributed by atoms with Gasteiger partial charge in [0.1, 0.15) is 6.61 Å². The summed E-state index contributed by atoms with van der Waals surface area (Å²) in [6.07, 6.45) is 0. The molecule has 0 saturated carbocycles. The predicted molar refractivity (Wildman–Crippen MR) is 97.7 cm³/mol. The lowest BCUT2D eigenvalue weighted by molar-refractivity contribution is 0.255. The number of hydrogen-bond donors (Lipinski definition) is 2. The quantitative estimate of drug-likeness (QED) is 0.624. The van der Waals surface area contributed by atoms with E-state index in [-0.39, 0.29) is 35.8 Å². The molecule has 2 aromatic rings. The van der Waals surface area contributed by atoms with Crippen molar-refractivity contribution in [2.24, 2.45) is 0 Å². The average molecular weight is 417 g/mol. The van der Waals surface area contributed by atoms with Gasteiger partial charge >= 0.3 is 16.3 Å². The summed E-state index contributed by atoms with van der Waals surface area (Å²) in [5.41, 5.74) is 0.515. The highest BCUT2D eigenvalue weighted by Gasteiger charge is 2.20. The highest BCUT2D eigenvalue weighted by Crippen LogP contribution is 2.27. The van der Waals surface area contributed by atoms with Crippen molar-refractivity contribution in [2.75, 3.05) is 24.9 Å². The molecule has 0 aliphatic heterocycles. The Hall–Kier alpha value is -2.79. The minimum Gasteiger partial charge on any atom is -0.488 e. The van der Waals surface area contributed by atoms with E-state index in [1.165, 1.54) is 19.2 Å². The lowest BCUT2D eigenvalue weighted by Crippen LogP contribution is -2.37. The summed E-state index contributed by atoms with van der Waals surface area (Å²) in [6.45, 7) is 1.81. The number of nitrogens with zero attached hydrogens (tertiary/aromatic N) is 2. The van der Waals surface area contributed by atoms with Gasteiger partial charge in [-0.25, -0.2) is 14.5 Å². The van der Waals surface area contributed by atoms with E-state index in [0.29, 0.717) is 5.69 Å². The molecule has 1 heterocycles. The standard InChI is InChI=1S/C15H17ClN4O6S/c1-10-9-13(24-2)18-14(17-10)19-15(21)20-27(22,23)26-12-6-4-3-5-11(12)25-8-7-16/h3-6,9H,7-8H2,1-2H3,(H2,17,18,19,20,21). The lowest BCUT2D eigenvalue weighted by atomic mass is 10.3. The number of alkyl halides is 1.